The van der Waals surface area contributed by atoms with Gasteiger partial charge in [-0.3, -0.25) is 0 Å². The van der Waals surface area contributed by atoms with Crippen molar-refractivity contribution in [1.82, 2.24) is 19.3 Å². The largest absolute Gasteiger partial charge is 0.382 e. The van der Waals surface area contributed by atoms with Gasteiger partial charge in [0, 0.05) is 41.6 Å². The molecule has 0 radical (unpaired) electrons. The van der Waals surface area contributed by atoms with Crippen molar-refractivity contribution < 1.29 is 13.9 Å². The first-order valence-electron chi connectivity index (χ1n) is 8.38. The minimum Gasteiger partial charge on any atom is -0.382 e. The van der Waals surface area contributed by atoms with Crippen LogP contribution in [0.15, 0.2) is 55.4 Å². The summed E-state index contributed by atoms with van der Waals surface area (Å²) in [6.45, 7) is 2.68. The van der Waals surface area contributed by atoms with Crippen molar-refractivity contribution in [2.75, 3.05) is 5.75 Å². The minimum absolute atomic E-state index is 0.0158. The van der Waals surface area contributed by atoms with Crippen LogP contribution in [0.2, 0.25) is 0 Å². The normalized spacial score (nSPS) is 14.8. The van der Waals surface area contributed by atoms with E-state index in [1.807, 2.05) is 31.5 Å². The molecule has 0 unspecified atom stereocenters. The van der Waals surface area contributed by atoms with Crippen LogP contribution >= 0.6 is 21.6 Å². The first-order chi connectivity index (χ1) is 13.0. The molecular weight excluding hydrogens is 390 g/mol. The topological polar surface area (TPSA) is 55.9 Å². The first kappa shape index (κ1) is 19.9. The van der Waals surface area contributed by atoms with E-state index in [1.54, 1.807) is 10.8 Å². The summed E-state index contributed by atoms with van der Waals surface area (Å²) in [7, 11) is 3.06. The standard InChI is InChI=1S/C18H20F2N4OS2/c1-14(27-26-9-8-23-6-2-3-7-23)18(25,11-24-13-21-12-22-24)16-5-4-15(19)10-17(16)20/h2-7,10,12-14,25H,8-9,11H2,1H3/t14-,18-/m1/s1. The van der Waals surface area contributed by atoms with Crippen LogP contribution < -0.4 is 0 Å². The third-order valence-electron chi connectivity index (χ3n) is 4.25. The second kappa shape index (κ2) is 8.90. The Balaban J connectivity index is 1.74. The van der Waals surface area contributed by atoms with E-state index in [0.29, 0.717) is 0 Å². The molecular formula is C18H20F2N4OS2. The second-order valence-electron chi connectivity index (χ2n) is 6.12. The van der Waals surface area contributed by atoms with Gasteiger partial charge in [0.15, 0.2) is 0 Å². The average Bonchev–Trinajstić information content (AvgIpc) is 3.32. The fourth-order valence-corrected chi connectivity index (χ4v) is 5.27. The summed E-state index contributed by atoms with van der Waals surface area (Å²) >= 11 is 0. The third-order valence-corrected chi connectivity index (χ3v) is 7.19. The Morgan fingerprint density at radius 1 is 1.26 bits per heavy atom. The highest BCUT2D eigenvalue weighted by molar-refractivity contribution is 8.76. The summed E-state index contributed by atoms with van der Waals surface area (Å²) in [5.41, 5.74) is -1.53. The summed E-state index contributed by atoms with van der Waals surface area (Å²) in [6, 6.07) is 7.17. The van der Waals surface area contributed by atoms with Crippen LogP contribution in [0.3, 0.4) is 0 Å². The molecule has 2 aromatic heterocycles. The van der Waals surface area contributed by atoms with Crippen LogP contribution in [-0.4, -0.2) is 35.4 Å². The third kappa shape index (κ3) is 4.91. The SMILES string of the molecule is C[C@@H](SSCCn1cccc1)[C@](O)(Cn1cncn1)c1ccc(F)cc1F. The van der Waals surface area contributed by atoms with Gasteiger partial charge in [0.1, 0.15) is 29.9 Å². The highest BCUT2D eigenvalue weighted by Gasteiger charge is 2.39. The number of aryl methyl sites for hydroxylation is 1. The Kier molecular flexibility index (Phi) is 6.56. The number of benzene rings is 1. The van der Waals surface area contributed by atoms with E-state index in [4.69, 9.17) is 0 Å². The molecule has 0 saturated carbocycles. The van der Waals surface area contributed by atoms with Gasteiger partial charge < -0.3 is 9.67 Å². The maximum atomic E-state index is 14.4. The molecule has 0 spiro atoms. The Bertz CT molecular complexity index is 845. The quantitative estimate of drug-likeness (QED) is 0.430. The molecule has 5 nitrogen and oxygen atoms in total. The zero-order valence-electron chi connectivity index (χ0n) is 14.7. The van der Waals surface area contributed by atoms with Gasteiger partial charge in [0.25, 0.3) is 0 Å². The van der Waals surface area contributed by atoms with E-state index in [-0.39, 0.29) is 17.4 Å². The van der Waals surface area contributed by atoms with Gasteiger partial charge in [-0.2, -0.15) is 5.10 Å². The van der Waals surface area contributed by atoms with Gasteiger partial charge in [0.05, 0.1) is 6.54 Å². The number of nitrogens with zero attached hydrogens (tertiary/aromatic N) is 4. The first-order valence-corrected chi connectivity index (χ1v) is 10.8. The van der Waals surface area contributed by atoms with E-state index in [9.17, 15) is 13.9 Å². The predicted molar refractivity (Wildman–Crippen MR) is 104 cm³/mol. The van der Waals surface area contributed by atoms with Gasteiger partial charge in [-0.25, -0.2) is 18.4 Å². The molecule has 3 rings (SSSR count). The van der Waals surface area contributed by atoms with Crippen molar-refractivity contribution in [1.29, 1.82) is 0 Å². The number of rotatable bonds is 9. The van der Waals surface area contributed by atoms with Gasteiger partial charge in [0.2, 0.25) is 0 Å². The summed E-state index contributed by atoms with van der Waals surface area (Å²) in [5, 5.41) is 15.0. The van der Waals surface area contributed by atoms with Crippen molar-refractivity contribution in [2.24, 2.45) is 0 Å². The highest BCUT2D eigenvalue weighted by Crippen LogP contribution is 2.40. The fourth-order valence-electron chi connectivity index (χ4n) is 2.73. The molecule has 0 aliphatic heterocycles. The lowest BCUT2D eigenvalue weighted by Crippen LogP contribution is -2.41. The molecule has 2 heterocycles. The number of aromatic nitrogens is 4. The van der Waals surface area contributed by atoms with Crippen molar-refractivity contribution in [2.45, 2.75) is 30.9 Å². The zero-order chi connectivity index (χ0) is 19.3. The predicted octanol–water partition coefficient (Wildman–Crippen LogP) is 3.72. The fraction of sp³-hybridized carbons (Fsp3) is 0.333. The summed E-state index contributed by atoms with van der Waals surface area (Å²) in [6.07, 6.45) is 6.79. The van der Waals surface area contributed by atoms with Crippen molar-refractivity contribution >= 4 is 21.6 Å². The molecule has 0 bridgehead atoms. The molecule has 0 saturated heterocycles. The lowest BCUT2D eigenvalue weighted by molar-refractivity contribution is 0.0137. The molecule has 27 heavy (non-hydrogen) atoms. The van der Waals surface area contributed by atoms with Crippen molar-refractivity contribution in [3.05, 3.63) is 72.6 Å². The molecule has 0 aliphatic carbocycles. The van der Waals surface area contributed by atoms with E-state index in [2.05, 4.69) is 14.6 Å². The summed E-state index contributed by atoms with van der Waals surface area (Å²) in [5.74, 6) is -0.627. The van der Waals surface area contributed by atoms with Crippen LogP contribution in [-0.2, 0) is 18.7 Å². The maximum Gasteiger partial charge on any atom is 0.137 e. The number of hydrogen-bond donors (Lipinski definition) is 1. The van der Waals surface area contributed by atoms with Crippen molar-refractivity contribution in [3.8, 4) is 0 Å². The lowest BCUT2D eigenvalue weighted by atomic mass is 9.90. The zero-order valence-corrected chi connectivity index (χ0v) is 16.3. The molecule has 0 amide bonds. The molecule has 1 N–H and O–H groups in total. The van der Waals surface area contributed by atoms with Crippen LogP contribution in [0, 0.1) is 11.6 Å². The minimum atomic E-state index is -1.57. The number of aliphatic hydroxyl groups is 1. The summed E-state index contributed by atoms with van der Waals surface area (Å²) in [4.78, 5) is 3.87. The summed E-state index contributed by atoms with van der Waals surface area (Å²) < 4.78 is 31.3. The van der Waals surface area contributed by atoms with E-state index < -0.39 is 17.2 Å². The van der Waals surface area contributed by atoms with E-state index in [0.717, 1.165) is 24.4 Å². The van der Waals surface area contributed by atoms with Crippen LogP contribution in [0.1, 0.15) is 12.5 Å². The molecule has 0 aliphatic rings. The lowest BCUT2D eigenvalue weighted by Gasteiger charge is -2.34. The van der Waals surface area contributed by atoms with E-state index in [1.165, 1.54) is 34.2 Å². The molecule has 2 atom stereocenters. The van der Waals surface area contributed by atoms with Gasteiger partial charge in [-0.15, -0.1) is 0 Å². The Labute approximate surface area is 164 Å². The molecule has 0 fully saturated rings. The number of hydrogen-bond acceptors (Lipinski definition) is 5. The van der Waals surface area contributed by atoms with Crippen LogP contribution in [0.4, 0.5) is 8.78 Å². The highest BCUT2D eigenvalue weighted by atomic mass is 33.1. The van der Waals surface area contributed by atoms with Crippen molar-refractivity contribution in [3.63, 3.8) is 0 Å². The van der Waals surface area contributed by atoms with Crippen LogP contribution in [0.5, 0.6) is 0 Å². The van der Waals surface area contributed by atoms with Crippen LogP contribution in [0.25, 0.3) is 0 Å². The number of halogens is 2. The second-order valence-corrected chi connectivity index (χ2v) is 8.95. The Morgan fingerprint density at radius 2 is 2.04 bits per heavy atom. The molecule has 1 aromatic carbocycles. The Hall–Kier alpha value is -1.84. The smallest absolute Gasteiger partial charge is 0.137 e. The van der Waals surface area contributed by atoms with E-state index >= 15 is 0 Å². The maximum absolute atomic E-state index is 14.4. The molecule has 144 valence electrons. The Morgan fingerprint density at radius 3 is 2.70 bits per heavy atom. The monoisotopic (exact) mass is 410 g/mol. The van der Waals surface area contributed by atoms with Gasteiger partial charge in [-0.05, 0) is 25.1 Å². The molecule has 3 aromatic rings. The average molecular weight is 411 g/mol. The van der Waals surface area contributed by atoms with Gasteiger partial charge in [-0.1, -0.05) is 27.7 Å². The van der Waals surface area contributed by atoms with Gasteiger partial charge >= 0.3 is 0 Å². The molecule has 9 heteroatoms.